The number of carbonyl (C=O) groups excluding carboxylic acids is 1. The number of hydrogen-bond acceptors (Lipinski definition) is 2. The van der Waals surface area contributed by atoms with E-state index in [1.807, 2.05) is 0 Å². The van der Waals surface area contributed by atoms with E-state index in [-0.39, 0.29) is 30.2 Å². The van der Waals surface area contributed by atoms with Gasteiger partial charge in [-0.2, -0.15) is 0 Å². The minimum Gasteiger partial charge on any atom is -0.481 e. The molecule has 0 aliphatic heterocycles. The van der Waals surface area contributed by atoms with Gasteiger partial charge in [-0.25, -0.2) is 0 Å². The maximum Gasteiger partial charge on any atom is 0.305 e. The fourth-order valence-corrected chi connectivity index (χ4v) is 2.98. The minimum absolute atomic E-state index is 0.00257. The number of amides is 1. The predicted molar refractivity (Wildman–Crippen MR) is 65.5 cm³/mol. The molecule has 0 aromatic heterocycles. The van der Waals surface area contributed by atoms with Gasteiger partial charge >= 0.3 is 5.97 Å². The summed E-state index contributed by atoms with van der Waals surface area (Å²) in [4.78, 5) is 22.3. The largest absolute Gasteiger partial charge is 0.481 e. The van der Waals surface area contributed by atoms with Crippen molar-refractivity contribution in [2.24, 2.45) is 17.3 Å². The Morgan fingerprint density at radius 1 is 1.35 bits per heavy atom. The zero-order valence-electron chi connectivity index (χ0n) is 11.0. The van der Waals surface area contributed by atoms with Crippen LogP contribution in [0.2, 0.25) is 0 Å². The van der Waals surface area contributed by atoms with Crippen LogP contribution in [-0.2, 0) is 9.59 Å². The lowest BCUT2D eigenvalue weighted by atomic mass is 9.68. The molecule has 2 N–H and O–H groups in total. The van der Waals surface area contributed by atoms with Gasteiger partial charge in [-0.3, -0.25) is 9.59 Å². The van der Waals surface area contributed by atoms with Crippen molar-refractivity contribution in [2.45, 2.75) is 46.5 Å². The zero-order chi connectivity index (χ0) is 13.1. The highest BCUT2D eigenvalue weighted by Gasteiger charge is 2.35. The maximum absolute atomic E-state index is 11.9. The van der Waals surface area contributed by atoms with Crippen molar-refractivity contribution in [2.75, 3.05) is 6.54 Å². The highest BCUT2D eigenvalue weighted by molar-refractivity contribution is 5.79. The van der Waals surface area contributed by atoms with Crippen LogP contribution in [-0.4, -0.2) is 23.5 Å². The van der Waals surface area contributed by atoms with E-state index in [1.54, 1.807) is 0 Å². The summed E-state index contributed by atoms with van der Waals surface area (Å²) in [5, 5.41) is 11.2. The number of aliphatic carboxylic acids is 1. The second-order valence-electron chi connectivity index (χ2n) is 6.05. The Morgan fingerprint density at radius 3 is 2.53 bits per heavy atom. The van der Waals surface area contributed by atoms with Gasteiger partial charge < -0.3 is 10.4 Å². The molecule has 17 heavy (non-hydrogen) atoms. The quantitative estimate of drug-likeness (QED) is 0.791. The number of carbonyl (C=O) groups is 2. The molecule has 0 radical (unpaired) electrons. The summed E-state index contributed by atoms with van der Waals surface area (Å²) in [5.74, 6) is -0.245. The van der Waals surface area contributed by atoms with E-state index in [9.17, 15) is 9.59 Å². The minimum atomic E-state index is -0.873. The molecule has 4 heteroatoms. The van der Waals surface area contributed by atoms with Gasteiger partial charge in [0.1, 0.15) is 0 Å². The molecule has 1 amide bonds. The third kappa shape index (κ3) is 4.75. The number of carboxylic acid groups (broad SMARTS) is 1. The summed E-state index contributed by atoms with van der Waals surface area (Å²) < 4.78 is 0. The highest BCUT2D eigenvalue weighted by Crippen LogP contribution is 2.41. The molecule has 1 aliphatic carbocycles. The first-order valence-corrected chi connectivity index (χ1v) is 6.30. The molecule has 1 fully saturated rings. The van der Waals surface area contributed by atoms with Gasteiger partial charge in [-0.1, -0.05) is 20.8 Å². The summed E-state index contributed by atoms with van der Waals surface area (Å²) in [6.07, 6.45) is 2.97. The summed E-state index contributed by atoms with van der Waals surface area (Å²) in [5.41, 5.74) is 0.215. The molecule has 0 bridgehead atoms. The molecule has 98 valence electrons. The van der Waals surface area contributed by atoms with E-state index >= 15 is 0 Å². The van der Waals surface area contributed by atoms with Crippen LogP contribution in [0.4, 0.5) is 0 Å². The lowest BCUT2D eigenvalue weighted by Crippen LogP contribution is -2.39. The van der Waals surface area contributed by atoms with Crippen LogP contribution in [0.5, 0.6) is 0 Å². The molecule has 4 nitrogen and oxygen atoms in total. The average Bonchev–Trinajstić information content (AvgIpc) is 2.13. The maximum atomic E-state index is 11.9. The lowest BCUT2D eigenvalue weighted by molar-refractivity contribution is -0.137. The average molecular weight is 241 g/mol. The van der Waals surface area contributed by atoms with Gasteiger partial charge in [0.2, 0.25) is 5.91 Å². The Kier molecular flexibility index (Phi) is 4.54. The SMILES string of the molecule is CC1CC(C(=O)NCCC(=O)O)CC(C)(C)C1. The Bertz CT molecular complexity index is 299. The first-order chi connectivity index (χ1) is 7.80. The smallest absolute Gasteiger partial charge is 0.305 e. The Labute approximate surface area is 103 Å². The Hall–Kier alpha value is -1.06. The molecule has 1 aliphatic rings. The van der Waals surface area contributed by atoms with E-state index in [0.717, 1.165) is 19.3 Å². The van der Waals surface area contributed by atoms with Crippen molar-refractivity contribution in [1.82, 2.24) is 5.32 Å². The Morgan fingerprint density at radius 2 is 2.00 bits per heavy atom. The second-order valence-corrected chi connectivity index (χ2v) is 6.05. The number of carboxylic acids is 1. The Balaban J connectivity index is 2.43. The van der Waals surface area contributed by atoms with Crippen LogP contribution in [0, 0.1) is 17.3 Å². The summed E-state index contributed by atoms with van der Waals surface area (Å²) in [7, 11) is 0. The molecule has 2 unspecified atom stereocenters. The van der Waals surface area contributed by atoms with Crippen LogP contribution in [0.3, 0.4) is 0 Å². The molecule has 2 atom stereocenters. The van der Waals surface area contributed by atoms with Gasteiger partial charge in [-0.05, 0) is 30.6 Å². The van der Waals surface area contributed by atoms with E-state index < -0.39 is 5.97 Å². The van der Waals surface area contributed by atoms with Crippen molar-refractivity contribution in [3.63, 3.8) is 0 Å². The van der Waals surface area contributed by atoms with E-state index in [0.29, 0.717) is 5.92 Å². The monoisotopic (exact) mass is 241 g/mol. The zero-order valence-corrected chi connectivity index (χ0v) is 11.0. The van der Waals surface area contributed by atoms with Crippen molar-refractivity contribution >= 4 is 11.9 Å². The molecule has 0 heterocycles. The molecular weight excluding hydrogens is 218 g/mol. The highest BCUT2D eigenvalue weighted by atomic mass is 16.4. The first kappa shape index (κ1) is 14.0. The molecule has 0 aromatic rings. The molecule has 0 aromatic carbocycles. The normalized spacial score (nSPS) is 27.5. The molecule has 0 spiro atoms. The number of nitrogens with one attached hydrogen (secondary N) is 1. The predicted octanol–water partition coefficient (Wildman–Crippen LogP) is 2.04. The fourth-order valence-electron chi connectivity index (χ4n) is 2.98. The third-order valence-corrected chi connectivity index (χ3v) is 3.40. The lowest BCUT2D eigenvalue weighted by Gasteiger charge is -2.38. The van der Waals surface area contributed by atoms with E-state index in [4.69, 9.17) is 5.11 Å². The van der Waals surface area contributed by atoms with Crippen LogP contribution in [0.25, 0.3) is 0 Å². The topological polar surface area (TPSA) is 66.4 Å². The summed E-state index contributed by atoms with van der Waals surface area (Å²) >= 11 is 0. The standard InChI is InChI=1S/C13H23NO3/c1-9-6-10(8-13(2,3)7-9)12(17)14-5-4-11(15)16/h9-10H,4-8H2,1-3H3,(H,14,17)(H,15,16). The fraction of sp³-hybridized carbons (Fsp3) is 0.846. The number of rotatable bonds is 4. The summed E-state index contributed by atoms with van der Waals surface area (Å²) in [6, 6.07) is 0. The third-order valence-electron chi connectivity index (χ3n) is 3.40. The van der Waals surface area contributed by atoms with Crippen molar-refractivity contribution < 1.29 is 14.7 Å². The van der Waals surface area contributed by atoms with E-state index in [1.165, 1.54) is 0 Å². The van der Waals surface area contributed by atoms with Crippen LogP contribution in [0.1, 0.15) is 46.5 Å². The van der Waals surface area contributed by atoms with Gasteiger partial charge in [0.25, 0.3) is 0 Å². The van der Waals surface area contributed by atoms with Crippen molar-refractivity contribution in [1.29, 1.82) is 0 Å². The molecule has 1 saturated carbocycles. The molecule has 0 saturated heterocycles. The van der Waals surface area contributed by atoms with Gasteiger partial charge in [0.05, 0.1) is 6.42 Å². The van der Waals surface area contributed by atoms with Crippen molar-refractivity contribution in [3.05, 3.63) is 0 Å². The first-order valence-electron chi connectivity index (χ1n) is 6.30. The van der Waals surface area contributed by atoms with Crippen LogP contribution < -0.4 is 5.32 Å². The second kappa shape index (κ2) is 5.52. The van der Waals surface area contributed by atoms with Gasteiger partial charge in [-0.15, -0.1) is 0 Å². The van der Waals surface area contributed by atoms with E-state index in [2.05, 4.69) is 26.1 Å². The molecular formula is C13H23NO3. The van der Waals surface area contributed by atoms with Gasteiger partial charge in [0, 0.05) is 12.5 Å². The number of hydrogen-bond donors (Lipinski definition) is 2. The van der Waals surface area contributed by atoms with Gasteiger partial charge in [0.15, 0.2) is 0 Å². The van der Waals surface area contributed by atoms with Crippen LogP contribution in [0.15, 0.2) is 0 Å². The van der Waals surface area contributed by atoms with Crippen molar-refractivity contribution in [3.8, 4) is 0 Å². The van der Waals surface area contributed by atoms with Crippen LogP contribution >= 0.6 is 0 Å². The summed E-state index contributed by atoms with van der Waals surface area (Å²) in [6.45, 7) is 6.80. The molecule has 1 rings (SSSR count).